The van der Waals surface area contributed by atoms with Crippen LogP contribution in [0.2, 0.25) is 0 Å². The van der Waals surface area contributed by atoms with Gasteiger partial charge in [-0.2, -0.15) is 0 Å². The average Bonchev–Trinajstić information content (AvgIpc) is 3.36. The highest BCUT2D eigenvalue weighted by Crippen LogP contribution is 2.36. The molecule has 1 amide bonds. The van der Waals surface area contributed by atoms with Crippen molar-refractivity contribution in [1.82, 2.24) is 14.9 Å². The van der Waals surface area contributed by atoms with E-state index in [4.69, 9.17) is 4.98 Å². The fourth-order valence-electron chi connectivity index (χ4n) is 3.83. The number of aromatic nitrogens is 2. The molecule has 3 aromatic heterocycles. The predicted molar refractivity (Wildman–Crippen MR) is 127 cm³/mol. The number of nitrogens with one attached hydrogen (secondary N) is 1. The van der Waals surface area contributed by atoms with Crippen LogP contribution in [-0.4, -0.2) is 21.2 Å². The number of amides is 1. The first-order chi connectivity index (χ1) is 14.5. The van der Waals surface area contributed by atoms with Crippen LogP contribution in [0.5, 0.6) is 0 Å². The normalized spacial score (nSPS) is 16.9. The number of nitrogens with zero attached hydrogens (tertiary/aromatic N) is 2. The number of hydrogen-bond donors (Lipinski definition) is 1. The monoisotopic (exact) mass is 459 g/mol. The van der Waals surface area contributed by atoms with Gasteiger partial charge in [0.2, 0.25) is 5.91 Å². The van der Waals surface area contributed by atoms with Crippen molar-refractivity contribution in [2.45, 2.75) is 50.9 Å². The summed E-state index contributed by atoms with van der Waals surface area (Å²) < 4.78 is 1.65. The van der Waals surface area contributed by atoms with Gasteiger partial charge in [-0.3, -0.25) is 14.2 Å². The van der Waals surface area contributed by atoms with Crippen molar-refractivity contribution in [2.75, 3.05) is 5.75 Å². The lowest BCUT2D eigenvalue weighted by atomic mass is 9.89. The molecule has 0 aliphatic heterocycles. The Hall–Kier alpha value is -1.90. The van der Waals surface area contributed by atoms with E-state index in [1.807, 2.05) is 24.4 Å². The topological polar surface area (TPSA) is 64.0 Å². The number of thioether (sulfide) groups is 1. The second kappa shape index (κ2) is 9.08. The molecule has 1 aliphatic carbocycles. The Kier molecular flexibility index (Phi) is 6.46. The molecule has 0 bridgehead atoms. The van der Waals surface area contributed by atoms with Crippen molar-refractivity contribution in [1.29, 1.82) is 0 Å². The first kappa shape index (κ1) is 21.3. The summed E-state index contributed by atoms with van der Waals surface area (Å²) in [6, 6.07) is 3.96. The number of thiophene rings is 2. The lowest BCUT2D eigenvalue weighted by Gasteiger charge is -2.17. The molecule has 2 atom stereocenters. The molecule has 3 aromatic rings. The molecule has 1 N–H and O–H groups in total. The smallest absolute Gasteiger partial charge is 0.263 e. The standard InChI is InChI=1S/C22H25N3O2S3/c1-4-9-25-21(27)19-15-8-7-13(2)11-17(15)30-20(19)24-22(25)29-12-18(26)23-14(3)16-6-5-10-28-16/h4-6,10,13-14H,1,7-9,11-12H2,2-3H3,(H,23,26). The van der Waals surface area contributed by atoms with Crippen LogP contribution in [0.4, 0.5) is 0 Å². The number of carbonyl (C=O) groups excluding carboxylic acids is 1. The van der Waals surface area contributed by atoms with Gasteiger partial charge >= 0.3 is 0 Å². The number of allylic oxidation sites excluding steroid dienone is 1. The third-order valence-electron chi connectivity index (χ3n) is 5.37. The van der Waals surface area contributed by atoms with Crippen LogP contribution >= 0.6 is 34.4 Å². The lowest BCUT2D eigenvalue weighted by Crippen LogP contribution is -2.28. The Morgan fingerprint density at radius 2 is 2.37 bits per heavy atom. The first-order valence-electron chi connectivity index (χ1n) is 10.1. The van der Waals surface area contributed by atoms with E-state index in [2.05, 4.69) is 18.8 Å². The molecule has 0 radical (unpaired) electrons. The van der Waals surface area contributed by atoms with Gasteiger partial charge in [0, 0.05) is 16.3 Å². The number of hydrogen-bond acceptors (Lipinski definition) is 6. The molecule has 0 saturated heterocycles. The molecular formula is C22H25N3O2S3. The largest absolute Gasteiger partial charge is 0.348 e. The summed E-state index contributed by atoms with van der Waals surface area (Å²) in [6.45, 7) is 8.41. The van der Waals surface area contributed by atoms with Gasteiger partial charge in [-0.05, 0) is 49.1 Å². The van der Waals surface area contributed by atoms with E-state index in [9.17, 15) is 9.59 Å². The number of carbonyl (C=O) groups is 1. The minimum atomic E-state index is -0.0697. The molecule has 0 aromatic carbocycles. The van der Waals surface area contributed by atoms with Crippen molar-refractivity contribution < 1.29 is 4.79 Å². The molecule has 30 heavy (non-hydrogen) atoms. The van der Waals surface area contributed by atoms with E-state index in [0.717, 1.165) is 34.4 Å². The van der Waals surface area contributed by atoms with Gasteiger partial charge in [0.15, 0.2) is 5.16 Å². The highest BCUT2D eigenvalue weighted by atomic mass is 32.2. The SMILES string of the molecule is C=CCn1c(SCC(=O)NC(C)c2cccs2)nc2sc3c(c2c1=O)CCC(C)C3. The van der Waals surface area contributed by atoms with Crippen LogP contribution in [0.3, 0.4) is 0 Å². The van der Waals surface area contributed by atoms with Crippen molar-refractivity contribution in [3.63, 3.8) is 0 Å². The van der Waals surface area contributed by atoms with Crippen LogP contribution in [0, 0.1) is 5.92 Å². The Balaban J connectivity index is 1.58. The Morgan fingerprint density at radius 1 is 1.53 bits per heavy atom. The quantitative estimate of drug-likeness (QED) is 0.313. The molecular weight excluding hydrogens is 434 g/mol. The molecule has 0 fully saturated rings. The van der Waals surface area contributed by atoms with Crippen LogP contribution in [0.1, 0.15) is 41.6 Å². The number of fused-ring (bicyclic) bond motifs is 3. The molecule has 5 nitrogen and oxygen atoms in total. The molecule has 0 saturated carbocycles. The first-order valence-corrected chi connectivity index (χ1v) is 12.8. The van der Waals surface area contributed by atoms with Gasteiger partial charge in [0.1, 0.15) is 4.83 Å². The zero-order valence-electron chi connectivity index (χ0n) is 17.1. The summed E-state index contributed by atoms with van der Waals surface area (Å²) in [4.78, 5) is 33.8. The molecule has 0 spiro atoms. The van der Waals surface area contributed by atoms with Gasteiger partial charge in [-0.15, -0.1) is 29.3 Å². The van der Waals surface area contributed by atoms with E-state index in [1.54, 1.807) is 33.3 Å². The average molecular weight is 460 g/mol. The fraction of sp³-hybridized carbons (Fsp3) is 0.409. The van der Waals surface area contributed by atoms with Gasteiger partial charge in [-0.25, -0.2) is 4.98 Å². The Bertz CT molecular complexity index is 1130. The molecule has 1 aliphatic rings. The van der Waals surface area contributed by atoms with Crippen molar-refractivity contribution in [2.24, 2.45) is 5.92 Å². The maximum atomic E-state index is 13.3. The van der Waals surface area contributed by atoms with E-state index < -0.39 is 0 Å². The lowest BCUT2D eigenvalue weighted by molar-refractivity contribution is -0.119. The van der Waals surface area contributed by atoms with E-state index >= 15 is 0 Å². The minimum absolute atomic E-state index is 0.0122. The fourth-order valence-corrected chi connectivity index (χ4v) is 6.81. The summed E-state index contributed by atoms with van der Waals surface area (Å²) in [5, 5.41) is 6.37. The van der Waals surface area contributed by atoms with Crippen LogP contribution in [0.25, 0.3) is 10.2 Å². The number of aryl methyl sites for hydroxylation is 1. The summed E-state index contributed by atoms with van der Waals surface area (Å²) in [7, 11) is 0. The van der Waals surface area contributed by atoms with E-state index in [0.29, 0.717) is 17.6 Å². The van der Waals surface area contributed by atoms with E-state index in [-0.39, 0.29) is 23.3 Å². The van der Waals surface area contributed by atoms with Gasteiger partial charge in [0.05, 0.1) is 17.2 Å². The second-order valence-corrected chi connectivity index (χ2v) is 10.7. The zero-order valence-corrected chi connectivity index (χ0v) is 19.6. The Morgan fingerprint density at radius 3 is 3.10 bits per heavy atom. The molecule has 8 heteroatoms. The van der Waals surface area contributed by atoms with Crippen molar-refractivity contribution >= 4 is 50.6 Å². The van der Waals surface area contributed by atoms with Crippen LogP contribution < -0.4 is 10.9 Å². The van der Waals surface area contributed by atoms with Crippen LogP contribution in [0.15, 0.2) is 40.1 Å². The molecule has 4 rings (SSSR count). The third kappa shape index (κ3) is 4.26. The van der Waals surface area contributed by atoms with Gasteiger partial charge < -0.3 is 5.32 Å². The molecule has 3 heterocycles. The molecule has 158 valence electrons. The minimum Gasteiger partial charge on any atom is -0.348 e. The summed E-state index contributed by atoms with van der Waals surface area (Å²) in [5.74, 6) is 0.788. The van der Waals surface area contributed by atoms with E-state index in [1.165, 1.54) is 22.2 Å². The summed E-state index contributed by atoms with van der Waals surface area (Å²) in [6.07, 6.45) is 4.78. The molecule has 2 unspecified atom stereocenters. The van der Waals surface area contributed by atoms with Crippen LogP contribution in [-0.2, 0) is 24.2 Å². The summed E-state index contributed by atoms with van der Waals surface area (Å²) >= 11 is 4.57. The Labute approximate surface area is 188 Å². The highest BCUT2D eigenvalue weighted by Gasteiger charge is 2.24. The second-order valence-electron chi connectivity index (χ2n) is 7.72. The number of rotatable bonds is 7. The third-order valence-corrected chi connectivity index (χ3v) is 8.55. The van der Waals surface area contributed by atoms with Gasteiger partial charge in [0.25, 0.3) is 5.56 Å². The van der Waals surface area contributed by atoms with Gasteiger partial charge in [-0.1, -0.05) is 30.8 Å². The highest BCUT2D eigenvalue weighted by molar-refractivity contribution is 7.99. The predicted octanol–water partition coefficient (Wildman–Crippen LogP) is 4.80. The maximum Gasteiger partial charge on any atom is 0.263 e. The zero-order chi connectivity index (χ0) is 21.3. The maximum absolute atomic E-state index is 13.3. The van der Waals surface area contributed by atoms with Crippen molar-refractivity contribution in [3.05, 3.63) is 55.8 Å². The van der Waals surface area contributed by atoms with Crippen molar-refractivity contribution in [3.8, 4) is 0 Å². The summed E-state index contributed by atoms with van der Waals surface area (Å²) in [5.41, 5.74) is 1.17.